The molecule has 2 aromatic rings. The fraction of sp³-hybridized carbons (Fsp3) is 0.294. The van der Waals surface area contributed by atoms with E-state index >= 15 is 0 Å². The molecule has 0 aliphatic carbocycles. The fourth-order valence-electron chi connectivity index (χ4n) is 2.10. The zero-order chi connectivity index (χ0) is 16.3. The summed E-state index contributed by atoms with van der Waals surface area (Å²) in [5.41, 5.74) is 3.21. The van der Waals surface area contributed by atoms with Crippen molar-refractivity contribution in [3.63, 3.8) is 0 Å². The first-order valence-electron chi connectivity index (χ1n) is 7.07. The lowest BCUT2D eigenvalue weighted by atomic mass is 9.92. The van der Waals surface area contributed by atoms with Gasteiger partial charge in [-0.05, 0) is 44.9 Å². The van der Waals surface area contributed by atoms with Crippen LogP contribution in [0, 0.1) is 6.92 Å². The average molecular weight is 299 g/mol. The van der Waals surface area contributed by atoms with E-state index in [4.69, 9.17) is 4.52 Å². The smallest absolute Gasteiger partial charge is 0.322 e. The van der Waals surface area contributed by atoms with E-state index in [2.05, 4.69) is 22.4 Å². The number of benzene rings is 1. The Morgan fingerprint density at radius 3 is 2.64 bits per heavy atom. The van der Waals surface area contributed by atoms with Crippen LogP contribution in [0.25, 0.3) is 5.57 Å². The van der Waals surface area contributed by atoms with Crippen LogP contribution in [0.3, 0.4) is 0 Å². The van der Waals surface area contributed by atoms with Crippen molar-refractivity contribution in [1.82, 2.24) is 10.5 Å². The predicted octanol–water partition coefficient (Wildman–Crippen LogP) is 4.07. The van der Waals surface area contributed by atoms with Gasteiger partial charge in [-0.2, -0.15) is 0 Å². The number of nitrogens with one attached hydrogen (secondary N) is 2. The van der Waals surface area contributed by atoms with E-state index in [9.17, 15) is 4.79 Å². The van der Waals surface area contributed by atoms with Gasteiger partial charge in [0, 0.05) is 6.07 Å². The molecule has 1 heterocycles. The van der Waals surface area contributed by atoms with Crippen LogP contribution in [0.2, 0.25) is 0 Å². The first-order chi connectivity index (χ1) is 10.3. The van der Waals surface area contributed by atoms with Gasteiger partial charge < -0.3 is 9.84 Å². The third-order valence-electron chi connectivity index (χ3n) is 3.37. The molecule has 5 heteroatoms. The summed E-state index contributed by atoms with van der Waals surface area (Å²) in [4.78, 5) is 12.1. The topological polar surface area (TPSA) is 67.2 Å². The number of urea groups is 1. The SMILES string of the molecule is C=C(C)c1cccc(C(C)(C)NC(=O)Nc2cc(C)no2)c1. The molecule has 1 aromatic heterocycles. The highest BCUT2D eigenvalue weighted by Gasteiger charge is 2.23. The van der Waals surface area contributed by atoms with E-state index in [-0.39, 0.29) is 6.03 Å². The van der Waals surface area contributed by atoms with E-state index in [1.807, 2.05) is 45.0 Å². The molecule has 0 unspecified atom stereocenters. The average Bonchev–Trinajstić information content (AvgIpc) is 2.83. The number of carbonyl (C=O) groups excluding carboxylic acids is 1. The number of hydrogen-bond donors (Lipinski definition) is 2. The molecule has 22 heavy (non-hydrogen) atoms. The lowest BCUT2D eigenvalue weighted by Gasteiger charge is -2.27. The highest BCUT2D eigenvalue weighted by molar-refractivity contribution is 5.88. The summed E-state index contributed by atoms with van der Waals surface area (Å²) in [6.07, 6.45) is 0. The Morgan fingerprint density at radius 2 is 2.05 bits per heavy atom. The van der Waals surface area contributed by atoms with Crippen molar-refractivity contribution in [2.45, 2.75) is 33.2 Å². The molecule has 0 spiro atoms. The maximum atomic E-state index is 12.1. The summed E-state index contributed by atoms with van der Waals surface area (Å²) < 4.78 is 4.97. The highest BCUT2D eigenvalue weighted by Crippen LogP contribution is 2.23. The lowest BCUT2D eigenvalue weighted by molar-refractivity contribution is 0.241. The van der Waals surface area contributed by atoms with Gasteiger partial charge in [-0.1, -0.05) is 35.5 Å². The summed E-state index contributed by atoms with van der Waals surface area (Å²) >= 11 is 0. The molecule has 0 atom stereocenters. The number of rotatable bonds is 4. The molecule has 0 fully saturated rings. The molecule has 1 aromatic carbocycles. The summed E-state index contributed by atoms with van der Waals surface area (Å²) in [7, 11) is 0. The van der Waals surface area contributed by atoms with E-state index in [0.717, 1.165) is 16.7 Å². The molecule has 0 saturated carbocycles. The van der Waals surface area contributed by atoms with Gasteiger partial charge in [0.2, 0.25) is 5.88 Å². The number of nitrogens with zero attached hydrogens (tertiary/aromatic N) is 1. The van der Waals surface area contributed by atoms with Crippen molar-refractivity contribution < 1.29 is 9.32 Å². The first-order valence-corrected chi connectivity index (χ1v) is 7.07. The Labute approximate surface area is 130 Å². The Kier molecular flexibility index (Phi) is 4.35. The Morgan fingerprint density at radius 1 is 1.32 bits per heavy atom. The molecule has 0 bridgehead atoms. The van der Waals surface area contributed by atoms with E-state index in [0.29, 0.717) is 11.6 Å². The van der Waals surface area contributed by atoms with Crippen LogP contribution in [-0.4, -0.2) is 11.2 Å². The molecule has 2 rings (SSSR count). The minimum absolute atomic E-state index is 0.321. The van der Waals surface area contributed by atoms with Gasteiger partial charge in [0.1, 0.15) is 0 Å². The van der Waals surface area contributed by atoms with Gasteiger partial charge in [0.05, 0.1) is 11.2 Å². The summed E-state index contributed by atoms with van der Waals surface area (Å²) in [5, 5.41) is 9.29. The Bertz CT molecular complexity index is 701. The van der Waals surface area contributed by atoms with Crippen LogP contribution in [-0.2, 0) is 5.54 Å². The van der Waals surface area contributed by atoms with Crippen LogP contribution in [0.4, 0.5) is 10.7 Å². The number of allylic oxidation sites excluding steroid dienone is 1. The molecular formula is C17H21N3O2. The quantitative estimate of drug-likeness (QED) is 0.894. The van der Waals surface area contributed by atoms with E-state index < -0.39 is 5.54 Å². The van der Waals surface area contributed by atoms with E-state index in [1.54, 1.807) is 13.0 Å². The molecule has 116 valence electrons. The summed E-state index contributed by atoms with van der Waals surface area (Å²) in [6, 6.07) is 9.28. The zero-order valence-electron chi connectivity index (χ0n) is 13.4. The van der Waals surface area contributed by atoms with Crippen molar-refractivity contribution in [3.8, 4) is 0 Å². The second-order valence-corrected chi connectivity index (χ2v) is 5.90. The van der Waals surface area contributed by atoms with Crippen molar-refractivity contribution in [3.05, 3.63) is 53.7 Å². The lowest BCUT2D eigenvalue weighted by Crippen LogP contribution is -2.43. The third kappa shape index (κ3) is 3.75. The number of aromatic nitrogens is 1. The van der Waals surface area contributed by atoms with Gasteiger partial charge in [0.25, 0.3) is 0 Å². The van der Waals surface area contributed by atoms with Gasteiger partial charge in [0.15, 0.2) is 0 Å². The maximum Gasteiger partial charge on any atom is 0.322 e. The van der Waals surface area contributed by atoms with Crippen LogP contribution >= 0.6 is 0 Å². The van der Waals surface area contributed by atoms with Crippen molar-refractivity contribution in [2.75, 3.05) is 5.32 Å². The predicted molar refractivity (Wildman–Crippen MR) is 87.6 cm³/mol. The fourth-order valence-corrected chi connectivity index (χ4v) is 2.10. The van der Waals surface area contributed by atoms with Gasteiger partial charge in [-0.15, -0.1) is 0 Å². The van der Waals surface area contributed by atoms with Crippen molar-refractivity contribution in [2.24, 2.45) is 0 Å². The molecule has 0 radical (unpaired) electrons. The molecule has 0 saturated heterocycles. The van der Waals surface area contributed by atoms with Crippen molar-refractivity contribution in [1.29, 1.82) is 0 Å². The monoisotopic (exact) mass is 299 g/mol. The maximum absolute atomic E-state index is 12.1. The Hall–Kier alpha value is -2.56. The number of carbonyl (C=O) groups is 1. The zero-order valence-corrected chi connectivity index (χ0v) is 13.4. The Balaban J connectivity index is 2.11. The minimum atomic E-state index is -0.537. The standard InChI is InChI=1S/C17H21N3O2/c1-11(2)13-7-6-8-14(10-13)17(4,5)19-16(21)18-15-9-12(3)20-22-15/h6-10H,1H2,2-5H3,(H2,18,19,21). The molecule has 0 aliphatic heterocycles. The summed E-state index contributed by atoms with van der Waals surface area (Å²) in [5.74, 6) is 0.321. The largest absolute Gasteiger partial charge is 0.338 e. The van der Waals surface area contributed by atoms with E-state index in [1.165, 1.54) is 0 Å². The number of amides is 2. The first kappa shape index (κ1) is 15.8. The highest BCUT2D eigenvalue weighted by atomic mass is 16.5. The molecule has 2 amide bonds. The summed E-state index contributed by atoms with van der Waals surface area (Å²) in [6.45, 7) is 11.6. The molecule has 2 N–H and O–H groups in total. The van der Waals surface area contributed by atoms with Crippen LogP contribution in [0.15, 0.2) is 41.4 Å². The van der Waals surface area contributed by atoms with Gasteiger partial charge in [-0.3, -0.25) is 5.32 Å². The van der Waals surface area contributed by atoms with Crippen LogP contribution in [0.5, 0.6) is 0 Å². The molecular weight excluding hydrogens is 278 g/mol. The molecule has 5 nitrogen and oxygen atoms in total. The normalized spacial score (nSPS) is 11.1. The van der Waals surface area contributed by atoms with Gasteiger partial charge >= 0.3 is 6.03 Å². The number of hydrogen-bond acceptors (Lipinski definition) is 3. The second-order valence-electron chi connectivity index (χ2n) is 5.90. The number of anilines is 1. The second kappa shape index (κ2) is 6.05. The molecule has 0 aliphatic rings. The van der Waals surface area contributed by atoms with Crippen LogP contribution in [0.1, 0.15) is 37.6 Å². The van der Waals surface area contributed by atoms with Crippen LogP contribution < -0.4 is 10.6 Å². The van der Waals surface area contributed by atoms with Gasteiger partial charge in [-0.25, -0.2) is 4.79 Å². The minimum Gasteiger partial charge on any atom is -0.338 e. The number of aryl methyl sites for hydroxylation is 1. The van der Waals surface area contributed by atoms with Crippen molar-refractivity contribution >= 4 is 17.5 Å². The third-order valence-corrected chi connectivity index (χ3v) is 3.37.